The highest BCUT2D eigenvalue weighted by Crippen LogP contribution is 2.32. The zero-order valence-electron chi connectivity index (χ0n) is 47.3. The first-order valence-electron chi connectivity index (χ1n) is 27.8. The molecule has 8 rings (SSSR count). The Morgan fingerprint density at radius 1 is 0.843 bits per heavy atom. The SMILES string of the molecule is Cc1nc(Nc2ncc(C(=O)Nc3c(C)cccc3Cl)s2)cc(N2CCN(CCOCCOCCOCCNC(=O)c3c(C(=O)N4CCN(C(=O)[C@@H](NC(=O)[C@H](C)N(C)C(=O)O)C5CCCCC5)CC4)n(C)c4cc(F)c(F)cc34)CC2)n1. The van der Waals surface area contributed by atoms with Gasteiger partial charge in [0.25, 0.3) is 17.7 Å². The Morgan fingerprint density at radius 2 is 1.51 bits per heavy atom. The van der Waals surface area contributed by atoms with Gasteiger partial charge in [-0.05, 0) is 57.2 Å². The van der Waals surface area contributed by atoms with E-state index in [1.54, 1.807) is 11.0 Å². The predicted molar refractivity (Wildman–Crippen MR) is 309 cm³/mol. The Labute approximate surface area is 488 Å². The maximum Gasteiger partial charge on any atom is 0.407 e. The fraction of sp³-hybridized carbons (Fsp3) is 0.518. The Balaban J connectivity index is 0.725. The van der Waals surface area contributed by atoms with Crippen LogP contribution in [-0.2, 0) is 30.8 Å². The number of benzene rings is 2. The zero-order valence-corrected chi connectivity index (χ0v) is 48.9. The number of hydrogen-bond acceptors (Lipinski definition) is 16. The Kier molecular flexibility index (Phi) is 21.6. The number of nitrogens with one attached hydrogen (secondary N) is 4. The van der Waals surface area contributed by atoms with E-state index in [-0.39, 0.29) is 92.4 Å². The van der Waals surface area contributed by atoms with E-state index >= 15 is 0 Å². The van der Waals surface area contributed by atoms with Crippen LogP contribution < -0.4 is 26.2 Å². The van der Waals surface area contributed by atoms with Gasteiger partial charge in [-0.25, -0.2) is 28.5 Å². The minimum atomic E-state index is -1.28. The van der Waals surface area contributed by atoms with Crippen molar-refractivity contribution in [3.8, 4) is 0 Å². The molecule has 0 unspecified atom stereocenters. The van der Waals surface area contributed by atoms with Crippen LogP contribution in [0.25, 0.3) is 10.9 Å². The van der Waals surface area contributed by atoms with Crippen LogP contribution in [0.5, 0.6) is 0 Å². The number of fused-ring (bicyclic) bond motifs is 1. The van der Waals surface area contributed by atoms with Crippen molar-refractivity contribution in [1.29, 1.82) is 0 Å². The molecule has 3 fully saturated rings. The number of carbonyl (C=O) groups excluding carboxylic acids is 5. The van der Waals surface area contributed by atoms with E-state index < -0.39 is 47.5 Å². The highest BCUT2D eigenvalue weighted by Gasteiger charge is 2.38. The number of anilines is 4. The van der Waals surface area contributed by atoms with Crippen molar-refractivity contribution in [2.75, 3.05) is 128 Å². The van der Waals surface area contributed by atoms with Crippen molar-refractivity contribution in [2.45, 2.75) is 65.0 Å². The molecule has 5 heterocycles. The molecule has 1 saturated carbocycles. The third-order valence-electron chi connectivity index (χ3n) is 15.3. The number of rotatable bonds is 24. The molecule has 2 aromatic carbocycles. The molecule has 5 N–H and O–H groups in total. The molecule has 3 aliphatic rings. The summed E-state index contributed by atoms with van der Waals surface area (Å²) in [5.74, 6) is -2.99. The molecule has 2 aliphatic heterocycles. The van der Waals surface area contributed by atoms with Crippen molar-refractivity contribution >= 4 is 91.9 Å². The minimum Gasteiger partial charge on any atom is -0.465 e. The molecule has 2 atom stereocenters. The average molecular weight is 1190 g/mol. The molecule has 83 heavy (non-hydrogen) atoms. The van der Waals surface area contributed by atoms with Gasteiger partial charge in [-0.15, -0.1) is 0 Å². The molecule has 3 aromatic heterocycles. The number of carbonyl (C=O) groups is 6. The summed E-state index contributed by atoms with van der Waals surface area (Å²) in [6.45, 7) is 11.3. The lowest BCUT2D eigenvalue weighted by Gasteiger charge is -2.39. The van der Waals surface area contributed by atoms with E-state index in [0.29, 0.717) is 52.2 Å². The number of halogens is 3. The monoisotopic (exact) mass is 1190 g/mol. The number of hydrogen-bond donors (Lipinski definition) is 5. The van der Waals surface area contributed by atoms with Gasteiger partial charge in [0.05, 0.1) is 67.6 Å². The van der Waals surface area contributed by atoms with Gasteiger partial charge >= 0.3 is 6.09 Å². The van der Waals surface area contributed by atoms with E-state index in [1.807, 2.05) is 32.0 Å². The normalized spacial score (nSPS) is 15.9. The lowest BCUT2D eigenvalue weighted by atomic mass is 9.83. The first kappa shape index (κ1) is 62.0. The fourth-order valence-corrected chi connectivity index (χ4v) is 11.4. The number of aryl methyl sites for hydroxylation is 3. The minimum absolute atomic E-state index is 0.0366. The summed E-state index contributed by atoms with van der Waals surface area (Å²) < 4.78 is 47.9. The van der Waals surface area contributed by atoms with Gasteiger partial charge in [0.2, 0.25) is 11.8 Å². The Hall–Kier alpha value is -7.10. The number of nitrogens with zero attached hydrogens (tertiary/aromatic N) is 9. The molecular formula is C56H72ClF2N13O10S. The van der Waals surface area contributed by atoms with Crippen molar-refractivity contribution in [3.63, 3.8) is 0 Å². The molecule has 0 spiro atoms. The number of para-hydroxylation sites is 1. The van der Waals surface area contributed by atoms with Crippen LogP contribution in [0.3, 0.4) is 0 Å². The van der Waals surface area contributed by atoms with Gasteiger partial charge < -0.3 is 59.9 Å². The summed E-state index contributed by atoms with van der Waals surface area (Å²) in [7, 11) is 2.78. The van der Waals surface area contributed by atoms with Crippen molar-refractivity contribution in [3.05, 3.63) is 86.8 Å². The molecule has 6 amide bonds. The second kappa shape index (κ2) is 28.9. The number of piperazine rings is 2. The van der Waals surface area contributed by atoms with Crippen molar-refractivity contribution in [2.24, 2.45) is 13.0 Å². The predicted octanol–water partition coefficient (Wildman–Crippen LogP) is 5.92. The standard InChI is InChI=1S/C56H72ClF2N13O10S/c1-34-10-9-13-39(57)47(34)65-51(74)43-33-61-55(83-43)64-44-32-45(63-36(3)62-44)70-17-15-69(16-18-70)23-25-81-27-29-82-28-26-80-24-14-60-52(75)46-38-30-40(58)41(59)31-42(38)68(5)49(46)54(77)72-21-19-71(20-22-72)53(76)48(37-11-7-6-8-12-37)66-50(73)35(2)67(4)56(78)79/h9-10,13,30-33,35,37,48H,6-8,11-12,14-29H2,1-5H3,(H,60,75)(H,65,74)(H,66,73)(H,78,79)(H,61,62,63,64)/t35-,48-/m0/s1. The number of ether oxygens (including phenoxy) is 3. The fourth-order valence-electron chi connectivity index (χ4n) is 10.4. The third-order valence-corrected chi connectivity index (χ3v) is 16.5. The molecule has 27 heteroatoms. The van der Waals surface area contributed by atoms with Crippen LogP contribution in [0.4, 0.5) is 36.0 Å². The number of amides is 6. The van der Waals surface area contributed by atoms with Crippen LogP contribution in [0, 0.1) is 31.4 Å². The molecule has 2 saturated heterocycles. The van der Waals surface area contributed by atoms with Crippen LogP contribution in [0.2, 0.25) is 5.02 Å². The molecule has 5 aromatic rings. The summed E-state index contributed by atoms with van der Waals surface area (Å²) in [5.41, 5.74) is 1.34. The van der Waals surface area contributed by atoms with Gasteiger partial charge in [-0.3, -0.25) is 33.8 Å². The maximum absolute atomic E-state index is 14.7. The quantitative estimate of drug-likeness (QED) is 0.0450. The smallest absolute Gasteiger partial charge is 0.407 e. The number of aromatic nitrogens is 4. The summed E-state index contributed by atoms with van der Waals surface area (Å²) >= 11 is 7.51. The first-order chi connectivity index (χ1) is 39.9. The van der Waals surface area contributed by atoms with E-state index in [4.69, 9.17) is 25.8 Å². The highest BCUT2D eigenvalue weighted by molar-refractivity contribution is 7.17. The van der Waals surface area contributed by atoms with E-state index in [2.05, 4.69) is 46.0 Å². The first-order valence-corrected chi connectivity index (χ1v) is 29.0. The highest BCUT2D eigenvalue weighted by atomic mass is 35.5. The van der Waals surface area contributed by atoms with Crippen LogP contribution >= 0.6 is 22.9 Å². The average Bonchev–Trinajstić information content (AvgIpc) is 2.60. The van der Waals surface area contributed by atoms with E-state index in [0.717, 1.165) is 93.2 Å². The lowest BCUT2D eigenvalue weighted by Crippen LogP contribution is -2.59. The van der Waals surface area contributed by atoms with Gasteiger partial charge in [-0.1, -0.05) is 54.3 Å². The topological polar surface area (TPSA) is 258 Å². The Bertz CT molecular complexity index is 3110. The molecule has 0 bridgehead atoms. The number of likely N-dealkylation sites (N-methyl/N-ethyl adjacent to an activating group) is 1. The third kappa shape index (κ3) is 15.8. The van der Waals surface area contributed by atoms with Crippen LogP contribution in [0.1, 0.15) is 80.9 Å². The second-order valence-corrected chi connectivity index (χ2v) is 22.2. The molecule has 1 aliphatic carbocycles. The number of thiazole rings is 1. The second-order valence-electron chi connectivity index (χ2n) is 20.8. The van der Waals surface area contributed by atoms with Gasteiger partial charge in [-0.2, -0.15) is 0 Å². The summed E-state index contributed by atoms with van der Waals surface area (Å²) in [6, 6.07) is 7.22. The van der Waals surface area contributed by atoms with Crippen LogP contribution in [-0.4, -0.2) is 204 Å². The molecule has 23 nitrogen and oxygen atoms in total. The summed E-state index contributed by atoms with van der Waals surface area (Å²) in [5, 5.41) is 22.1. The lowest BCUT2D eigenvalue weighted by molar-refractivity contribution is -0.140. The van der Waals surface area contributed by atoms with Crippen LogP contribution in [0.15, 0.2) is 42.6 Å². The summed E-state index contributed by atoms with van der Waals surface area (Å²) in [4.78, 5) is 103. The molecular weight excluding hydrogens is 1120 g/mol. The van der Waals surface area contributed by atoms with Crippen molar-refractivity contribution in [1.82, 2.24) is 49.8 Å². The van der Waals surface area contributed by atoms with Crippen molar-refractivity contribution < 1.29 is 56.9 Å². The van der Waals surface area contributed by atoms with E-state index in [9.17, 15) is 42.7 Å². The molecule has 0 radical (unpaired) electrons. The van der Waals surface area contributed by atoms with Gasteiger partial charge in [0.15, 0.2) is 16.8 Å². The van der Waals surface area contributed by atoms with E-state index in [1.165, 1.54) is 48.0 Å². The van der Waals surface area contributed by atoms with Gasteiger partial charge in [0.1, 0.15) is 40.1 Å². The maximum atomic E-state index is 14.7. The Morgan fingerprint density at radius 3 is 2.19 bits per heavy atom. The largest absolute Gasteiger partial charge is 0.465 e. The molecule has 448 valence electrons. The summed E-state index contributed by atoms with van der Waals surface area (Å²) in [6.07, 6.45) is 4.46. The number of carboxylic acid groups (broad SMARTS) is 1. The zero-order chi connectivity index (χ0) is 59.3. The van der Waals surface area contributed by atoms with Gasteiger partial charge in [0, 0.05) is 97.1 Å².